The van der Waals surface area contributed by atoms with Crippen molar-refractivity contribution in [2.75, 3.05) is 0 Å². The van der Waals surface area contributed by atoms with Gasteiger partial charge in [-0.1, -0.05) is 32.0 Å². The van der Waals surface area contributed by atoms with E-state index in [2.05, 4.69) is 5.32 Å². The summed E-state index contributed by atoms with van der Waals surface area (Å²) in [6.07, 6.45) is 1.44. The number of β-lactam (4-membered cyclic amide) rings is 1. The third kappa shape index (κ3) is 1.56. The maximum absolute atomic E-state index is 11.6. The first-order valence-corrected chi connectivity index (χ1v) is 5.75. The van der Waals surface area contributed by atoms with Crippen LogP contribution in [0.25, 0.3) is 0 Å². The maximum Gasteiger partial charge on any atom is 0.234 e. The van der Waals surface area contributed by atoms with E-state index in [0.29, 0.717) is 0 Å². The molecule has 16 heavy (non-hydrogen) atoms. The molecule has 1 fully saturated rings. The molecular weight excluding hydrogens is 202 g/mol. The summed E-state index contributed by atoms with van der Waals surface area (Å²) in [6.45, 7) is 4.06. The molecule has 1 aliphatic rings. The van der Waals surface area contributed by atoms with Crippen LogP contribution in [-0.2, 0) is 4.79 Å². The molecule has 1 N–H and O–H groups in total. The molecule has 1 aromatic rings. The molecule has 1 heterocycles. The van der Waals surface area contributed by atoms with Crippen LogP contribution in [0.15, 0.2) is 30.3 Å². The second-order valence-corrected chi connectivity index (χ2v) is 4.15. The lowest BCUT2D eigenvalue weighted by Gasteiger charge is -2.47. The summed E-state index contributed by atoms with van der Waals surface area (Å²) >= 11 is 0. The van der Waals surface area contributed by atoms with E-state index in [0.717, 1.165) is 18.6 Å². The molecule has 0 saturated carbocycles. The van der Waals surface area contributed by atoms with Gasteiger partial charge >= 0.3 is 0 Å². The Labute approximate surface area is 95.8 Å². The minimum atomic E-state index is -0.337. The summed E-state index contributed by atoms with van der Waals surface area (Å²) in [5.74, 6) is 0.914. The van der Waals surface area contributed by atoms with Gasteiger partial charge in [0, 0.05) is 0 Å². The van der Waals surface area contributed by atoms with Crippen molar-refractivity contribution in [2.24, 2.45) is 5.41 Å². The molecule has 0 radical (unpaired) electrons. The third-order valence-electron chi connectivity index (χ3n) is 3.48. The first kappa shape index (κ1) is 11.0. The minimum Gasteiger partial charge on any atom is -0.470 e. The highest BCUT2D eigenvalue weighted by Crippen LogP contribution is 2.39. The Morgan fingerprint density at radius 3 is 2.38 bits per heavy atom. The molecule has 0 spiro atoms. The number of carbonyl (C=O) groups is 1. The van der Waals surface area contributed by atoms with Crippen LogP contribution in [-0.4, -0.2) is 12.1 Å². The Morgan fingerprint density at radius 2 is 1.88 bits per heavy atom. The fraction of sp³-hybridized carbons (Fsp3) is 0.462. The highest BCUT2D eigenvalue weighted by atomic mass is 16.5. The Hall–Kier alpha value is -1.51. The van der Waals surface area contributed by atoms with Crippen molar-refractivity contribution >= 4 is 5.91 Å². The number of benzene rings is 1. The monoisotopic (exact) mass is 219 g/mol. The molecule has 1 saturated heterocycles. The van der Waals surface area contributed by atoms with Gasteiger partial charge in [0.05, 0.1) is 0 Å². The summed E-state index contributed by atoms with van der Waals surface area (Å²) in [6, 6.07) is 9.60. The Morgan fingerprint density at radius 1 is 1.25 bits per heavy atom. The minimum absolute atomic E-state index is 0.110. The molecule has 86 valence electrons. The molecule has 1 aliphatic heterocycles. The summed E-state index contributed by atoms with van der Waals surface area (Å²) in [4.78, 5) is 11.6. The van der Waals surface area contributed by atoms with Crippen LogP contribution < -0.4 is 10.1 Å². The molecule has 2 rings (SSSR count). The predicted octanol–water partition coefficient (Wildman–Crippen LogP) is 2.33. The predicted molar refractivity (Wildman–Crippen MR) is 62.0 cm³/mol. The number of ether oxygens (including phenoxy) is 1. The van der Waals surface area contributed by atoms with Crippen LogP contribution >= 0.6 is 0 Å². The van der Waals surface area contributed by atoms with Crippen molar-refractivity contribution in [2.45, 2.75) is 32.9 Å². The van der Waals surface area contributed by atoms with Gasteiger partial charge < -0.3 is 10.1 Å². The fourth-order valence-corrected chi connectivity index (χ4v) is 2.16. The number of carbonyl (C=O) groups excluding carboxylic acids is 1. The van der Waals surface area contributed by atoms with Gasteiger partial charge in [-0.05, 0) is 25.0 Å². The molecule has 3 heteroatoms. The van der Waals surface area contributed by atoms with Crippen molar-refractivity contribution in [3.8, 4) is 5.75 Å². The zero-order chi connectivity index (χ0) is 11.6. The number of hydrogen-bond donors (Lipinski definition) is 1. The van der Waals surface area contributed by atoms with E-state index in [-0.39, 0.29) is 17.6 Å². The topological polar surface area (TPSA) is 38.3 Å². The Balaban J connectivity index is 2.10. The van der Waals surface area contributed by atoms with E-state index in [9.17, 15) is 4.79 Å². The first-order chi connectivity index (χ1) is 7.73. The number of amides is 1. The molecule has 1 amide bonds. The zero-order valence-electron chi connectivity index (χ0n) is 9.69. The second-order valence-electron chi connectivity index (χ2n) is 4.15. The lowest BCUT2D eigenvalue weighted by atomic mass is 9.73. The van der Waals surface area contributed by atoms with Crippen LogP contribution in [0.4, 0.5) is 0 Å². The number of para-hydroxylation sites is 1. The SMILES string of the molecule is CCC1(CC)C(=O)N[C@H]1Oc1ccccc1. The fourth-order valence-electron chi connectivity index (χ4n) is 2.16. The van der Waals surface area contributed by atoms with Crippen LogP contribution in [0.5, 0.6) is 5.75 Å². The summed E-state index contributed by atoms with van der Waals surface area (Å²) in [5.41, 5.74) is -0.337. The van der Waals surface area contributed by atoms with Crippen molar-refractivity contribution < 1.29 is 9.53 Å². The second kappa shape index (κ2) is 4.16. The van der Waals surface area contributed by atoms with Crippen molar-refractivity contribution in [1.82, 2.24) is 5.32 Å². The van der Waals surface area contributed by atoms with E-state index in [1.54, 1.807) is 0 Å². The zero-order valence-corrected chi connectivity index (χ0v) is 9.69. The Bertz CT molecular complexity index is 371. The van der Waals surface area contributed by atoms with Crippen molar-refractivity contribution in [1.29, 1.82) is 0 Å². The molecule has 1 atom stereocenters. The average Bonchev–Trinajstić information content (AvgIpc) is 2.32. The summed E-state index contributed by atoms with van der Waals surface area (Å²) in [7, 11) is 0. The molecule has 1 aromatic carbocycles. The standard InChI is InChI=1S/C13H17NO2/c1-3-13(4-2)11(15)14-12(13)16-10-8-6-5-7-9-10/h5-9,12H,3-4H2,1-2H3,(H,14,15)/t12-/m0/s1. The molecule has 0 aliphatic carbocycles. The van der Waals surface area contributed by atoms with Crippen molar-refractivity contribution in [3.63, 3.8) is 0 Å². The smallest absolute Gasteiger partial charge is 0.234 e. The molecular formula is C13H17NO2. The van der Waals surface area contributed by atoms with E-state index in [4.69, 9.17) is 4.74 Å². The third-order valence-corrected chi connectivity index (χ3v) is 3.48. The molecule has 0 aromatic heterocycles. The summed E-state index contributed by atoms with van der Waals surface area (Å²) in [5, 5.41) is 2.82. The first-order valence-electron chi connectivity index (χ1n) is 5.75. The van der Waals surface area contributed by atoms with E-state index in [1.165, 1.54) is 0 Å². The number of nitrogens with one attached hydrogen (secondary N) is 1. The highest BCUT2D eigenvalue weighted by molar-refractivity contribution is 5.89. The number of rotatable bonds is 4. The lowest BCUT2D eigenvalue weighted by molar-refractivity contribution is -0.161. The number of hydrogen-bond acceptors (Lipinski definition) is 2. The quantitative estimate of drug-likeness (QED) is 0.789. The van der Waals surface area contributed by atoms with Gasteiger partial charge in [-0.3, -0.25) is 4.79 Å². The largest absolute Gasteiger partial charge is 0.470 e. The van der Waals surface area contributed by atoms with Crippen LogP contribution in [0.2, 0.25) is 0 Å². The van der Waals surface area contributed by atoms with E-state index < -0.39 is 0 Å². The normalized spacial score (nSPS) is 22.1. The van der Waals surface area contributed by atoms with Gasteiger partial charge in [-0.2, -0.15) is 0 Å². The van der Waals surface area contributed by atoms with Crippen LogP contribution in [0.3, 0.4) is 0 Å². The Kier molecular flexibility index (Phi) is 2.86. The van der Waals surface area contributed by atoms with Crippen molar-refractivity contribution in [3.05, 3.63) is 30.3 Å². The molecule has 3 nitrogen and oxygen atoms in total. The maximum atomic E-state index is 11.6. The average molecular weight is 219 g/mol. The van der Waals surface area contributed by atoms with Gasteiger partial charge in [0.25, 0.3) is 0 Å². The van der Waals surface area contributed by atoms with E-state index in [1.807, 2.05) is 44.2 Å². The van der Waals surface area contributed by atoms with Gasteiger partial charge in [0.2, 0.25) is 5.91 Å². The summed E-state index contributed by atoms with van der Waals surface area (Å²) < 4.78 is 5.79. The van der Waals surface area contributed by atoms with E-state index >= 15 is 0 Å². The molecule has 0 bridgehead atoms. The highest BCUT2D eigenvalue weighted by Gasteiger charge is 2.54. The molecule has 0 unspecified atom stereocenters. The van der Waals surface area contributed by atoms with Gasteiger partial charge in [0.15, 0.2) is 6.23 Å². The van der Waals surface area contributed by atoms with Crippen LogP contribution in [0, 0.1) is 5.41 Å². The van der Waals surface area contributed by atoms with Gasteiger partial charge in [0.1, 0.15) is 11.2 Å². The van der Waals surface area contributed by atoms with Gasteiger partial charge in [-0.15, -0.1) is 0 Å². The van der Waals surface area contributed by atoms with Crippen LogP contribution in [0.1, 0.15) is 26.7 Å². The lowest BCUT2D eigenvalue weighted by Crippen LogP contribution is -2.69. The van der Waals surface area contributed by atoms with Gasteiger partial charge in [-0.25, -0.2) is 0 Å².